The van der Waals surface area contributed by atoms with Gasteiger partial charge in [-0.1, -0.05) is 18.2 Å². The fourth-order valence-corrected chi connectivity index (χ4v) is 2.55. The van der Waals surface area contributed by atoms with Crippen molar-refractivity contribution in [2.24, 2.45) is 0 Å². The Morgan fingerprint density at radius 3 is 2.04 bits per heavy atom. The smallest absolute Gasteiger partial charge is 0.161 e. The van der Waals surface area contributed by atoms with Crippen LogP contribution in [0.4, 0.5) is 0 Å². The molecule has 0 bridgehead atoms. The molecule has 0 atom stereocenters. The van der Waals surface area contributed by atoms with E-state index in [0.29, 0.717) is 0 Å². The number of ether oxygens (including phenoxy) is 3. The standard InChI is InChI=1S/C20H28N2O3/c1-23-18-7-4-16(5-8-18)10-11-21-12-13-22-15-17-6-9-19(24-2)20(14-17)25-3/h4-9,14,21-22H,10-13,15H2,1-3H3. The average Bonchev–Trinajstić information content (AvgIpc) is 2.67. The molecule has 0 saturated heterocycles. The summed E-state index contributed by atoms with van der Waals surface area (Å²) in [7, 11) is 4.99. The molecule has 0 aliphatic heterocycles. The first kappa shape index (κ1) is 19.1. The van der Waals surface area contributed by atoms with E-state index in [1.165, 1.54) is 11.1 Å². The van der Waals surface area contributed by atoms with Crippen molar-refractivity contribution in [1.29, 1.82) is 0 Å². The summed E-state index contributed by atoms with van der Waals surface area (Å²) in [5.74, 6) is 2.42. The molecule has 0 radical (unpaired) electrons. The monoisotopic (exact) mass is 344 g/mol. The number of hydrogen-bond donors (Lipinski definition) is 2. The Hall–Kier alpha value is -2.24. The molecule has 2 aromatic rings. The van der Waals surface area contributed by atoms with Crippen LogP contribution < -0.4 is 24.8 Å². The van der Waals surface area contributed by atoms with E-state index in [1.807, 2.05) is 30.3 Å². The van der Waals surface area contributed by atoms with Crippen molar-refractivity contribution < 1.29 is 14.2 Å². The topological polar surface area (TPSA) is 51.8 Å². The van der Waals surface area contributed by atoms with Crippen LogP contribution in [-0.4, -0.2) is 41.0 Å². The van der Waals surface area contributed by atoms with Crippen molar-refractivity contribution in [3.05, 3.63) is 53.6 Å². The highest BCUT2D eigenvalue weighted by molar-refractivity contribution is 5.42. The molecule has 5 heteroatoms. The Balaban J connectivity index is 1.60. The van der Waals surface area contributed by atoms with Gasteiger partial charge >= 0.3 is 0 Å². The minimum absolute atomic E-state index is 0.756. The Morgan fingerprint density at radius 2 is 1.36 bits per heavy atom. The molecular weight excluding hydrogens is 316 g/mol. The molecule has 0 saturated carbocycles. The summed E-state index contributed by atoms with van der Waals surface area (Å²) in [6.45, 7) is 3.62. The number of hydrogen-bond acceptors (Lipinski definition) is 5. The van der Waals surface area contributed by atoms with E-state index < -0.39 is 0 Å². The molecule has 0 spiro atoms. The van der Waals surface area contributed by atoms with Crippen LogP contribution in [0.1, 0.15) is 11.1 Å². The Bertz CT molecular complexity index is 629. The lowest BCUT2D eigenvalue weighted by atomic mass is 10.1. The van der Waals surface area contributed by atoms with E-state index in [4.69, 9.17) is 14.2 Å². The largest absolute Gasteiger partial charge is 0.497 e. The van der Waals surface area contributed by atoms with E-state index in [9.17, 15) is 0 Å². The van der Waals surface area contributed by atoms with Crippen LogP contribution in [0.15, 0.2) is 42.5 Å². The predicted octanol–water partition coefficient (Wildman–Crippen LogP) is 2.63. The maximum atomic E-state index is 5.32. The normalized spacial score (nSPS) is 10.5. The second-order valence-corrected chi connectivity index (χ2v) is 5.71. The van der Waals surface area contributed by atoms with Crippen LogP contribution in [0.2, 0.25) is 0 Å². The molecule has 2 N–H and O–H groups in total. The van der Waals surface area contributed by atoms with Crippen LogP contribution >= 0.6 is 0 Å². The molecule has 0 fully saturated rings. The SMILES string of the molecule is COc1ccc(CCNCCNCc2ccc(OC)c(OC)c2)cc1. The van der Waals surface area contributed by atoms with Crippen molar-refractivity contribution >= 4 is 0 Å². The van der Waals surface area contributed by atoms with Crippen LogP contribution in [0.3, 0.4) is 0 Å². The molecule has 0 unspecified atom stereocenters. The molecule has 0 aromatic heterocycles. The number of nitrogens with one attached hydrogen (secondary N) is 2. The quantitative estimate of drug-likeness (QED) is 0.614. The van der Waals surface area contributed by atoms with E-state index >= 15 is 0 Å². The van der Waals surface area contributed by atoms with Gasteiger partial charge in [0.1, 0.15) is 5.75 Å². The minimum atomic E-state index is 0.756. The second-order valence-electron chi connectivity index (χ2n) is 5.71. The fourth-order valence-electron chi connectivity index (χ4n) is 2.55. The highest BCUT2D eigenvalue weighted by Crippen LogP contribution is 2.27. The Labute approximate surface area is 150 Å². The molecule has 136 valence electrons. The van der Waals surface area contributed by atoms with Crippen molar-refractivity contribution in [3.8, 4) is 17.2 Å². The van der Waals surface area contributed by atoms with Crippen LogP contribution in [-0.2, 0) is 13.0 Å². The molecule has 2 aromatic carbocycles. The number of rotatable bonds is 11. The lowest BCUT2D eigenvalue weighted by Crippen LogP contribution is -2.28. The van der Waals surface area contributed by atoms with Gasteiger partial charge in [-0.2, -0.15) is 0 Å². The summed E-state index contributed by atoms with van der Waals surface area (Å²) in [6.07, 6.45) is 1.01. The zero-order valence-electron chi connectivity index (χ0n) is 15.3. The first-order chi connectivity index (χ1) is 12.3. The van der Waals surface area contributed by atoms with Crippen molar-refractivity contribution in [1.82, 2.24) is 10.6 Å². The summed E-state index contributed by atoms with van der Waals surface area (Å²) in [4.78, 5) is 0. The maximum absolute atomic E-state index is 5.32. The lowest BCUT2D eigenvalue weighted by molar-refractivity contribution is 0.354. The van der Waals surface area contributed by atoms with Gasteiger partial charge in [0.25, 0.3) is 0 Å². The lowest BCUT2D eigenvalue weighted by Gasteiger charge is -2.10. The zero-order chi connectivity index (χ0) is 17.9. The minimum Gasteiger partial charge on any atom is -0.497 e. The Morgan fingerprint density at radius 1 is 0.680 bits per heavy atom. The van der Waals surface area contributed by atoms with E-state index in [0.717, 1.165) is 49.8 Å². The van der Waals surface area contributed by atoms with Gasteiger partial charge in [0.15, 0.2) is 11.5 Å². The molecule has 2 rings (SSSR count). The zero-order valence-corrected chi connectivity index (χ0v) is 15.3. The van der Waals surface area contributed by atoms with Gasteiger partial charge in [-0.3, -0.25) is 0 Å². The molecule has 0 aliphatic carbocycles. The molecular formula is C20H28N2O3. The summed E-state index contributed by atoms with van der Waals surface area (Å²) < 4.78 is 15.7. The molecule has 5 nitrogen and oxygen atoms in total. The van der Waals surface area contributed by atoms with Gasteiger partial charge in [0.2, 0.25) is 0 Å². The number of benzene rings is 2. The maximum Gasteiger partial charge on any atom is 0.161 e. The van der Waals surface area contributed by atoms with Crippen molar-refractivity contribution in [2.75, 3.05) is 41.0 Å². The third-order valence-electron chi connectivity index (χ3n) is 4.01. The van der Waals surface area contributed by atoms with E-state index in [-0.39, 0.29) is 0 Å². The highest BCUT2D eigenvalue weighted by atomic mass is 16.5. The Kier molecular flexibility index (Phi) is 8.09. The highest BCUT2D eigenvalue weighted by Gasteiger charge is 2.04. The number of methoxy groups -OCH3 is 3. The fraction of sp³-hybridized carbons (Fsp3) is 0.400. The first-order valence-corrected chi connectivity index (χ1v) is 8.52. The van der Waals surface area contributed by atoms with Crippen LogP contribution in [0.25, 0.3) is 0 Å². The van der Waals surface area contributed by atoms with Gasteiger partial charge in [0, 0.05) is 19.6 Å². The van der Waals surface area contributed by atoms with Crippen molar-refractivity contribution in [2.45, 2.75) is 13.0 Å². The first-order valence-electron chi connectivity index (χ1n) is 8.52. The third kappa shape index (κ3) is 6.29. The van der Waals surface area contributed by atoms with E-state index in [2.05, 4.69) is 22.8 Å². The molecule has 25 heavy (non-hydrogen) atoms. The van der Waals surface area contributed by atoms with Gasteiger partial charge in [-0.15, -0.1) is 0 Å². The summed E-state index contributed by atoms with van der Waals surface area (Å²) in [5.41, 5.74) is 2.49. The summed E-state index contributed by atoms with van der Waals surface area (Å²) in [6, 6.07) is 14.2. The van der Waals surface area contributed by atoms with Crippen LogP contribution in [0.5, 0.6) is 17.2 Å². The van der Waals surface area contributed by atoms with Gasteiger partial charge < -0.3 is 24.8 Å². The third-order valence-corrected chi connectivity index (χ3v) is 4.01. The summed E-state index contributed by atoms with van der Waals surface area (Å²) >= 11 is 0. The van der Waals surface area contributed by atoms with Crippen LogP contribution in [0, 0.1) is 0 Å². The van der Waals surface area contributed by atoms with Gasteiger partial charge in [-0.05, 0) is 48.4 Å². The van der Waals surface area contributed by atoms with Crippen molar-refractivity contribution in [3.63, 3.8) is 0 Å². The van der Waals surface area contributed by atoms with Gasteiger partial charge in [-0.25, -0.2) is 0 Å². The predicted molar refractivity (Wildman–Crippen MR) is 101 cm³/mol. The summed E-state index contributed by atoms with van der Waals surface area (Å²) in [5, 5.41) is 6.88. The van der Waals surface area contributed by atoms with E-state index in [1.54, 1.807) is 21.3 Å². The molecule has 0 aliphatic rings. The second kappa shape index (κ2) is 10.6. The average molecular weight is 344 g/mol. The van der Waals surface area contributed by atoms with Gasteiger partial charge in [0.05, 0.1) is 21.3 Å². The molecule has 0 amide bonds. The molecule has 0 heterocycles.